The Morgan fingerprint density at radius 1 is 1.29 bits per heavy atom. The molecule has 0 amide bonds. The highest BCUT2D eigenvalue weighted by Gasteiger charge is 2.23. The highest BCUT2D eigenvalue weighted by atomic mass is 16.4. The van der Waals surface area contributed by atoms with E-state index >= 15 is 0 Å². The maximum absolute atomic E-state index is 11.0. The van der Waals surface area contributed by atoms with Gasteiger partial charge in [-0.3, -0.25) is 0 Å². The molecule has 0 saturated carbocycles. The van der Waals surface area contributed by atoms with Crippen LogP contribution in [-0.4, -0.2) is 16.1 Å². The Hall–Kier alpha value is -2.87. The Balaban J connectivity index is 1.97. The molecule has 1 aliphatic heterocycles. The number of benzene rings is 1. The molecule has 5 nitrogen and oxygen atoms in total. The van der Waals surface area contributed by atoms with E-state index in [-0.39, 0.29) is 5.56 Å². The van der Waals surface area contributed by atoms with E-state index in [9.17, 15) is 10.1 Å². The first-order valence-corrected chi connectivity index (χ1v) is 6.56. The summed E-state index contributed by atoms with van der Waals surface area (Å²) in [6.45, 7) is 3.10. The fourth-order valence-electron chi connectivity index (χ4n) is 2.55. The van der Waals surface area contributed by atoms with Gasteiger partial charge >= 0.3 is 5.97 Å². The van der Waals surface area contributed by atoms with Gasteiger partial charge in [-0.05, 0) is 42.3 Å². The molecule has 2 heterocycles. The van der Waals surface area contributed by atoms with Crippen LogP contribution >= 0.6 is 0 Å². The molecule has 0 radical (unpaired) electrons. The Labute approximate surface area is 122 Å². The fraction of sp³-hybridized carbons (Fsp3) is 0.188. The van der Waals surface area contributed by atoms with Crippen molar-refractivity contribution in [3.8, 4) is 6.07 Å². The molecule has 104 valence electrons. The first-order valence-electron chi connectivity index (χ1n) is 6.56. The monoisotopic (exact) mass is 279 g/mol. The third-order valence-corrected chi connectivity index (χ3v) is 3.61. The molecule has 1 aromatic heterocycles. The van der Waals surface area contributed by atoms with Gasteiger partial charge in [-0.1, -0.05) is 6.07 Å². The van der Waals surface area contributed by atoms with Crippen LogP contribution < -0.4 is 4.90 Å². The Bertz CT molecular complexity index is 778. The van der Waals surface area contributed by atoms with Gasteiger partial charge in [0, 0.05) is 18.8 Å². The van der Waals surface area contributed by atoms with Gasteiger partial charge in [-0.15, -0.1) is 0 Å². The number of pyridine rings is 1. The maximum atomic E-state index is 11.0. The van der Waals surface area contributed by atoms with E-state index in [0.717, 1.165) is 16.8 Å². The van der Waals surface area contributed by atoms with Crippen molar-refractivity contribution in [3.05, 3.63) is 58.3 Å². The van der Waals surface area contributed by atoms with Crippen molar-refractivity contribution >= 4 is 11.8 Å². The van der Waals surface area contributed by atoms with Gasteiger partial charge in [-0.25, -0.2) is 9.78 Å². The van der Waals surface area contributed by atoms with Crippen LogP contribution in [0.15, 0.2) is 30.3 Å². The maximum Gasteiger partial charge on any atom is 0.335 e. The van der Waals surface area contributed by atoms with Crippen molar-refractivity contribution in [2.45, 2.75) is 20.0 Å². The lowest BCUT2D eigenvalue weighted by molar-refractivity contribution is 0.0697. The Morgan fingerprint density at radius 3 is 2.76 bits per heavy atom. The summed E-state index contributed by atoms with van der Waals surface area (Å²) < 4.78 is 0. The Kier molecular flexibility index (Phi) is 3.07. The van der Waals surface area contributed by atoms with E-state index in [0.29, 0.717) is 24.5 Å². The van der Waals surface area contributed by atoms with E-state index in [1.54, 1.807) is 18.2 Å². The van der Waals surface area contributed by atoms with Gasteiger partial charge in [-0.2, -0.15) is 5.26 Å². The number of hydrogen-bond acceptors (Lipinski definition) is 4. The number of nitriles is 1. The largest absolute Gasteiger partial charge is 0.478 e. The van der Waals surface area contributed by atoms with Crippen LogP contribution in [0.5, 0.6) is 0 Å². The number of aromatic nitrogens is 1. The van der Waals surface area contributed by atoms with Crippen LogP contribution in [0.1, 0.15) is 32.7 Å². The number of aromatic carboxylic acids is 1. The lowest BCUT2D eigenvalue weighted by Crippen LogP contribution is -2.17. The van der Waals surface area contributed by atoms with E-state index in [1.165, 1.54) is 0 Å². The molecule has 0 unspecified atom stereocenters. The topological polar surface area (TPSA) is 77.2 Å². The molecule has 0 fully saturated rings. The average molecular weight is 279 g/mol. The number of nitrogens with zero attached hydrogens (tertiary/aromatic N) is 3. The molecule has 0 bridgehead atoms. The van der Waals surface area contributed by atoms with Crippen molar-refractivity contribution < 1.29 is 9.90 Å². The zero-order valence-corrected chi connectivity index (χ0v) is 11.5. The lowest BCUT2D eigenvalue weighted by atomic mass is 10.1. The van der Waals surface area contributed by atoms with Gasteiger partial charge in [0.25, 0.3) is 0 Å². The molecule has 0 aliphatic carbocycles. The van der Waals surface area contributed by atoms with E-state index in [2.05, 4.69) is 11.1 Å². The predicted molar refractivity (Wildman–Crippen MR) is 77.0 cm³/mol. The van der Waals surface area contributed by atoms with Crippen molar-refractivity contribution in [3.63, 3.8) is 0 Å². The third kappa shape index (κ3) is 2.32. The normalized spacial score (nSPS) is 12.9. The summed E-state index contributed by atoms with van der Waals surface area (Å²) in [5.74, 6) is -0.270. The molecule has 0 atom stereocenters. The SMILES string of the molecule is Cc1ccc(C#N)c(N2Cc3ccc(C(=O)O)cc3C2)n1. The predicted octanol–water partition coefficient (Wildman–Crippen LogP) is 2.48. The zero-order valence-electron chi connectivity index (χ0n) is 11.5. The molecular formula is C16H13N3O2. The molecular weight excluding hydrogens is 266 g/mol. The van der Waals surface area contributed by atoms with Crippen molar-refractivity contribution in [2.24, 2.45) is 0 Å². The van der Waals surface area contributed by atoms with Gasteiger partial charge in [0.2, 0.25) is 0 Å². The summed E-state index contributed by atoms with van der Waals surface area (Å²) in [5.41, 5.74) is 3.72. The number of carboxylic acids is 1. The average Bonchev–Trinajstić information content (AvgIpc) is 2.89. The van der Waals surface area contributed by atoms with E-state index in [4.69, 9.17) is 5.11 Å². The molecule has 0 saturated heterocycles. The fourth-order valence-corrected chi connectivity index (χ4v) is 2.55. The molecule has 5 heteroatoms. The minimum Gasteiger partial charge on any atom is -0.478 e. The first kappa shape index (κ1) is 13.1. The van der Waals surface area contributed by atoms with Gasteiger partial charge < -0.3 is 10.0 Å². The van der Waals surface area contributed by atoms with Crippen LogP contribution in [-0.2, 0) is 13.1 Å². The number of anilines is 1. The number of aryl methyl sites for hydroxylation is 1. The summed E-state index contributed by atoms with van der Waals surface area (Å²) in [5, 5.41) is 18.3. The van der Waals surface area contributed by atoms with Crippen LogP contribution in [0.25, 0.3) is 0 Å². The van der Waals surface area contributed by atoms with Gasteiger partial charge in [0.05, 0.1) is 11.1 Å². The second-order valence-electron chi connectivity index (χ2n) is 5.08. The highest BCUT2D eigenvalue weighted by molar-refractivity contribution is 5.88. The number of rotatable bonds is 2. The van der Waals surface area contributed by atoms with Crippen LogP contribution in [0.2, 0.25) is 0 Å². The second-order valence-corrected chi connectivity index (χ2v) is 5.08. The first-order chi connectivity index (χ1) is 10.1. The molecule has 1 N–H and O–H groups in total. The summed E-state index contributed by atoms with van der Waals surface area (Å²) in [7, 11) is 0. The van der Waals surface area contributed by atoms with Gasteiger partial charge in [0.15, 0.2) is 0 Å². The van der Waals surface area contributed by atoms with Gasteiger partial charge in [0.1, 0.15) is 11.9 Å². The van der Waals surface area contributed by atoms with Crippen molar-refractivity contribution in [1.29, 1.82) is 5.26 Å². The van der Waals surface area contributed by atoms with Crippen molar-refractivity contribution in [1.82, 2.24) is 4.98 Å². The van der Waals surface area contributed by atoms with Crippen molar-refractivity contribution in [2.75, 3.05) is 4.90 Å². The Morgan fingerprint density at radius 2 is 2.05 bits per heavy atom. The number of fused-ring (bicyclic) bond motifs is 1. The smallest absolute Gasteiger partial charge is 0.335 e. The number of hydrogen-bond donors (Lipinski definition) is 1. The highest BCUT2D eigenvalue weighted by Crippen LogP contribution is 2.29. The summed E-state index contributed by atoms with van der Waals surface area (Å²) in [6, 6.07) is 10.9. The molecule has 3 rings (SSSR count). The van der Waals surface area contributed by atoms with E-state index < -0.39 is 5.97 Å². The molecule has 0 spiro atoms. The lowest BCUT2D eigenvalue weighted by Gasteiger charge is -2.18. The minimum atomic E-state index is -0.928. The quantitative estimate of drug-likeness (QED) is 0.913. The van der Waals surface area contributed by atoms with Crippen LogP contribution in [0, 0.1) is 18.3 Å². The zero-order chi connectivity index (χ0) is 15.0. The molecule has 1 aromatic carbocycles. The molecule has 1 aliphatic rings. The van der Waals surface area contributed by atoms with E-state index in [1.807, 2.05) is 24.0 Å². The van der Waals surface area contributed by atoms with Crippen LogP contribution in [0.3, 0.4) is 0 Å². The summed E-state index contributed by atoms with van der Waals surface area (Å²) in [6.07, 6.45) is 0. The molecule has 2 aromatic rings. The summed E-state index contributed by atoms with van der Waals surface area (Å²) >= 11 is 0. The number of carboxylic acid groups (broad SMARTS) is 1. The summed E-state index contributed by atoms with van der Waals surface area (Å²) in [4.78, 5) is 17.5. The molecule has 21 heavy (non-hydrogen) atoms. The number of carbonyl (C=O) groups is 1. The van der Waals surface area contributed by atoms with Crippen LogP contribution in [0.4, 0.5) is 5.82 Å². The second kappa shape index (κ2) is 4.91. The minimum absolute atomic E-state index is 0.285. The standard InChI is InChI=1S/C16H13N3O2/c1-10-2-3-12(7-17)15(18-10)19-8-13-5-4-11(16(20)21)6-14(13)9-19/h2-6H,8-9H2,1H3,(H,20,21). The third-order valence-electron chi connectivity index (χ3n) is 3.61.